The minimum absolute atomic E-state index is 0.0597. The smallest absolute Gasteiger partial charge is 0.303 e. The maximum Gasteiger partial charge on any atom is 0.303 e. The molecule has 0 saturated carbocycles. The van der Waals surface area contributed by atoms with Gasteiger partial charge in [0, 0.05) is 19.4 Å². The van der Waals surface area contributed by atoms with Gasteiger partial charge in [-0.25, -0.2) is 0 Å². The van der Waals surface area contributed by atoms with E-state index in [-0.39, 0.29) is 17.1 Å². The molecule has 104 valence electrons. The van der Waals surface area contributed by atoms with Crippen LogP contribution in [-0.2, 0) is 14.0 Å². The van der Waals surface area contributed by atoms with E-state index in [1.165, 1.54) is 6.92 Å². The summed E-state index contributed by atoms with van der Waals surface area (Å²) in [6, 6.07) is 0. The van der Waals surface area contributed by atoms with Gasteiger partial charge in [-0.3, -0.25) is 4.79 Å². The molecule has 0 amide bonds. The molecule has 0 aliphatic heterocycles. The van der Waals surface area contributed by atoms with Gasteiger partial charge in [-0.1, -0.05) is 26.8 Å². The molecule has 1 aliphatic carbocycles. The van der Waals surface area contributed by atoms with Crippen LogP contribution in [-0.4, -0.2) is 27.0 Å². The van der Waals surface area contributed by atoms with Gasteiger partial charge in [0.2, 0.25) is 0 Å². The van der Waals surface area contributed by atoms with Crippen LogP contribution in [0.2, 0.25) is 18.1 Å². The molecule has 2 atom stereocenters. The number of ether oxygens (including phenoxy) is 1. The Labute approximate surface area is 112 Å². The van der Waals surface area contributed by atoms with Crippen LogP contribution in [0.25, 0.3) is 0 Å². The van der Waals surface area contributed by atoms with Crippen molar-refractivity contribution >= 4 is 14.3 Å². The van der Waals surface area contributed by atoms with Crippen LogP contribution < -0.4 is 0 Å². The summed E-state index contributed by atoms with van der Waals surface area (Å²) >= 11 is 0. The molecule has 0 fully saturated rings. The molecule has 0 spiro atoms. The zero-order valence-corrected chi connectivity index (χ0v) is 13.4. The summed E-state index contributed by atoms with van der Waals surface area (Å²) in [6.45, 7) is 13.4. The minimum Gasteiger partial charge on any atom is -0.458 e. The summed E-state index contributed by atoms with van der Waals surface area (Å²) in [4.78, 5) is 10.9. The van der Waals surface area contributed by atoms with Crippen LogP contribution in [0.1, 0.15) is 34.1 Å². The highest BCUT2D eigenvalue weighted by molar-refractivity contribution is 6.74. The van der Waals surface area contributed by atoms with Crippen molar-refractivity contribution in [2.24, 2.45) is 5.92 Å². The predicted octanol–water partition coefficient (Wildman–Crippen LogP) is 3.52. The molecule has 1 aliphatic rings. The average Bonchev–Trinajstić information content (AvgIpc) is 2.60. The van der Waals surface area contributed by atoms with Crippen molar-refractivity contribution in [3.63, 3.8) is 0 Å². The van der Waals surface area contributed by atoms with E-state index < -0.39 is 8.32 Å². The zero-order chi connectivity index (χ0) is 14.0. The predicted molar refractivity (Wildman–Crippen MR) is 76.0 cm³/mol. The summed E-state index contributed by atoms with van der Waals surface area (Å²) in [5, 5.41) is 0.241. The molecular formula is C14H26O3Si. The fraction of sp³-hybridized carbons (Fsp3) is 0.786. The monoisotopic (exact) mass is 270 g/mol. The highest BCUT2D eigenvalue weighted by Gasteiger charge is 2.37. The third-order valence-electron chi connectivity index (χ3n) is 3.91. The molecule has 0 aromatic heterocycles. The van der Waals surface area contributed by atoms with Crippen molar-refractivity contribution in [3.8, 4) is 0 Å². The fourth-order valence-electron chi connectivity index (χ4n) is 1.69. The average molecular weight is 270 g/mol. The van der Waals surface area contributed by atoms with E-state index in [9.17, 15) is 4.79 Å². The maximum atomic E-state index is 10.9. The molecule has 0 radical (unpaired) electrons. The number of esters is 1. The first-order valence-electron chi connectivity index (χ1n) is 6.61. The third-order valence-corrected chi connectivity index (χ3v) is 8.42. The fourth-order valence-corrected chi connectivity index (χ4v) is 2.76. The van der Waals surface area contributed by atoms with Gasteiger partial charge in [-0.2, -0.15) is 0 Å². The van der Waals surface area contributed by atoms with E-state index in [4.69, 9.17) is 9.16 Å². The van der Waals surface area contributed by atoms with E-state index in [1.807, 2.05) is 6.08 Å². The summed E-state index contributed by atoms with van der Waals surface area (Å²) in [5.41, 5.74) is 0. The summed E-state index contributed by atoms with van der Waals surface area (Å²) in [7, 11) is -1.67. The van der Waals surface area contributed by atoms with Gasteiger partial charge in [0.1, 0.15) is 6.10 Å². The van der Waals surface area contributed by atoms with Gasteiger partial charge < -0.3 is 9.16 Å². The Morgan fingerprint density at radius 2 is 1.94 bits per heavy atom. The van der Waals surface area contributed by atoms with Crippen molar-refractivity contribution in [1.29, 1.82) is 0 Å². The normalized spacial score (nSPS) is 24.3. The maximum absolute atomic E-state index is 10.9. The molecule has 0 N–H and O–H groups in total. The third kappa shape index (κ3) is 4.25. The standard InChI is InChI=1S/C14H26O3Si/c1-11(15)17-13-8-7-12(9-13)10-16-18(5,6)14(2,3)4/h7-8,12-13H,9-10H2,1-6H3/t12-,13+/m1/s1. The molecule has 4 heteroatoms. The Balaban J connectivity index is 2.39. The first-order chi connectivity index (χ1) is 8.12. The molecule has 0 aromatic carbocycles. The first-order valence-corrected chi connectivity index (χ1v) is 9.52. The van der Waals surface area contributed by atoms with Crippen molar-refractivity contribution in [3.05, 3.63) is 12.2 Å². The Morgan fingerprint density at radius 1 is 1.33 bits per heavy atom. The highest BCUT2D eigenvalue weighted by atomic mass is 28.4. The Bertz CT molecular complexity index is 328. The van der Waals surface area contributed by atoms with Gasteiger partial charge in [-0.15, -0.1) is 0 Å². The number of carbonyl (C=O) groups excluding carboxylic acids is 1. The number of hydrogen-bond donors (Lipinski definition) is 0. The molecule has 0 bridgehead atoms. The second-order valence-corrected chi connectivity index (χ2v) is 11.4. The van der Waals surface area contributed by atoms with Crippen molar-refractivity contribution in [2.75, 3.05) is 6.61 Å². The Hall–Kier alpha value is -0.613. The lowest BCUT2D eigenvalue weighted by atomic mass is 10.1. The van der Waals surface area contributed by atoms with Gasteiger partial charge in [0.05, 0.1) is 0 Å². The van der Waals surface area contributed by atoms with Crippen molar-refractivity contribution < 1.29 is 14.0 Å². The second kappa shape index (κ2) is 5.57. The highest BCUT2D eigenvalue weighted by Crippen LogP contribution is 2.37. The van der Waals surface area contributed by atoms with Crippen LogP contribution in [0.3, 0.4) is 0 Å². The lowest BCUT2D eigenvalue weighted by Gasteiger charge is -2.36. The Kier molecular flexibility index (Phi) is 4.78. The van der Waals surface area contributed by atoms with Crippen LogP contribution in [0, 0.1) is 5.92 Å². The molecule has 0 heterocycles. The van der Waals surface area contributed by atoms with Gasteiger partial charge >= 0.3 is 5.97 Å². The molecule has 0 aromatic rings. The Morgan fingerprint density at radius 3 is 2.44 bits per heavy atom. The second-order valence-electron chi connectivity index (χ2n) is 6.60. The molecular weight excluding hydrogens is 244 g/mol. The lowest BCUT2D eigenvalue weighted by molar-refractivity contribution is -0.144. The van der Waals surface area contributed by atoms with Crippen molar-refractivity contribution in [1.82, 2.24) is 0 Å². The molecule has 3 nitrogen and oxygen atoms in total. The SMILES string of the molecule is CC(=O)O[C@H]1C=C[C@@H](CO[Si](C)(C)C(C)(C)C)C1. The van der Waals surface area contributed by atoms with Crippen LogP contribution in [0.4, 0.5) is 0 Å². The van der Waals surface area contributed by atoms with E-state index in [2.05, 4.69) is 39.9 Å². The molecule has 1 rings (SSSR count). The first kappa shape index (κ1) is 15.4. The summed E-state index contributed by atoms with van der Waals surface area (Å²) < 4.78 is 11.3. The molecule has 0 saturated heterocycles. The van der Waals surface area contributed by atoms with Crippen LogP contribution in [0.5, 0.6) is 0 Å². The summed E-state index contributed by atoms with van der Waals surface area (Å²) in [6.07, 6.45) is 4.88. The van der Waals surface area contributed by atoms with Crippen LogP contribution >= 0.6 is 0 Å². The number of hydrogen-bond acceptors (Lipinski definition) is 3. The minimum atomic E-state index is -1.67. The van der Waals surface area contributed by atoms with Gasteiger partial charge in [0.15, 0.2) is 8.32 Å². The molecule has 18 heavy (non-hydrogen) atoms. The van der Waals surface area contributed by atoms with E-state index in [0.717, 1.165) is 13.0 Å². The topological polar surface area (TPSA) is 35.5 Å². The van der Waals surface area contributed by atoms with Gasteiger partial charge in [-0.05, 0) is 30.6 Å². The molecule has 0 unspecified atom stereocenters. The van der Waals surface area contributed by atoms with Crippen molar-refractivity contribution in [2.45, 2.75) is 58.4 Å². The summed E-state index contributed by atoms with van der Waals surface area (Å²) in [5.74, 6) is 0.166. The van der Waals surface area contributed by atoms with E-state index in [1.54, 1.807) is 0 Å². The number of carbonyl (C=O) groups is 1. The van der Waals surface area contributed by atoms with Crippen LogP contribution in [0.15, 0.2) is 12.2 Å². The largest absolute Gasteiger partial charge is 0.458 e. The number of rotatable bonds is 4. The van der Waals surface area contributed by atoms with E-state index >= 15 is 0 Å². The van der Waals surface area contributed by atoms with E-state index in [0.29, 0.717) is 5.92 Å². The van der Waals surface area contributed by atoms with Gasteiger partial charge in [0.25, 0.3) is 0 Å². The quantitative estimate of drug-likeness (QED) is 0.445. The zero-order valence-electron chi connectivity index (χ0n) is 12.4. The lowest BCUT2D eigenvalue weighted by Crippen LogP contribution is -2.41.